The van der Waals surface area contributed by atoms with E-state index < -0.39 is 0 Å². The second kappa shape index (κ2) is 4.37. The van der Waals surface area contributed by atoms with Crippen LogP contribution in [0.2, 0.25) is 0 Å². The minimum atomic E-state index is -0.383. The number of aliphatic hydroxyl groups excluding tert-OH is 1. The summed E-state index contributed by atoms with van der Waals surface area (Å²) in [6.45, 7) is 7.45. The van der Waals surface area contributed by atoms with Gasteiger partial charge in [0.2, 0.25) is 0 Å². The molecule has 11 heavy (non-hydrogen) atoms. The van der Waals surface area contributed by atoms with Crippen molar-refractivity contribution in [2.45, 2.75) is 34.1 Å². The van der Waals surface area contributed by atoms with E-state index >= 15 is 0 Å². The third-order valence-electron chi connectivity index (χ3n) is 2.02. The topological polar surface area (TPSA) is 20.2 Å². The molecule has 0 aromatic heterocycles. The summed E-state index contributed by atoms with van der Waals surface area (Å²) in [5.74, 6) is -0.254. The van der Waals surface area contributed by atoms with E-state index in [-0.39, 0.29) is 29.8 Å². The molecule has 1 unspecified atom stereocenters. The van der Waals surface area contributed by atoms with Crippen LogP contribution in [0.15, 0.2) is 11.6 Å². The Morgan fingerprint density at radius 1 is 1.36 bits per heavy atom. The Morgan fingerprint density at radius 3 is 2.09 bits per heavy atom. The lowest BCUT2D eigenvalue weighted by Crippen LogP contribution is -2.08. The minimum Gasteiger partial charge on any atom is -0.509 e. The standard InChI is InChI=1S/C9H17FO/c1-5-8(10)9(11)7(4)6(2)3/h6-7,11H,5H2,1-4H3/b9-8-. The van der Waals surface area contributed by atoms with Gasteiger partial charge in [0.1, 0.15) is 11.6 Å². The van der Waals surface area contributed by atoms with Crippen LogP contribution < -0.4 is 0 Å². The van der Waals surface area contributed by atoms with E-state index in [9.17, 15) is 9.50 Å². The Morgan fingerprint density at radius 2 is 1.82 bits per heavy atom. The molecule has 0 rings (SSSR count). The summed E-state index contributed by atoms with van der Waals surface area (Å²) in [7, 11) is 0. The van der Waals surface area contributed by atoms with E-state index in [0.717, 1.165) is 0 Å². The number of hydrogen-bond donors (Lipinski definition) is 1. The Bertz CT molecular complexity index is 150. The van der Waals surface area contributed by atoms with Gasteiger partial charge in [-0.25, -0.2) is 4.39 Å². The van der Waals surface area contributed by atoms with Crippen molar-refractivity contribution in [3.05, 3.63) is 11.6 Å². The lowest BCUT2D eigenvalue weighted by Gasteiger charge is -2.14. The van der Waals surface area contributed by atoms with Crippen molar-refractivity contribution in [2.75, 3.05) is 0 Å². The molecule has 0 bridgehead atoms. The number of hydrogen-bond acceptors (Lipinski definition) is 1. The first-order valence-electron chi connectivity index (χ1n) is 4.08. The molecule has 66 valence electrons. The summed E-state index contributed by atoms with van der Waals surface area (Å²) in [5, 5.41) is 9.26. The molecule has 0 saturated carbocycles. The van der Waals surface area contributed by atoms with Gasteiger partial charge in [0.15, 0.2) is 0 Å². The molecule has 0 heterocycles. The summed E-state index contributed by atoms with van der Waals surface area (Å²) in [4.78, 5) is 0. The van der Waals surface area contributed by atoms with Crippen LogP contribution in [-0.2, 0) is 0 Å². The molecule has 1 atom stereocenters. The monoisotopic (exact) mass is 160 g/mol. The first kappa shape index (κ1) is 10.5. The fraction of sp³-hybridized carbons (Fsp3) is 0.778. The maximum absolute atomic E-state index is 12.8. The number of aliphatic hydroxyl groups is 1. The summed E-state index contributed by atoms with van der Waals surface area (Å²) < 4.78 is 12.8. The summed E-state index contributed by atoms with van der Waals surface area (Å²) in [5.41, 5.74) is 0. The Kier molecular flexibility index (Phi) is 4.16. The van der Waals surface area contributed by atoms with Crippen molar-refractivity contribution in [1.29, 1.82) is 0 Å². The minimum absolute atomic E-state index is 0.0741. The van der Waals surface area contributed by atoms with Gasteiger partial charge in [-0.3, -0.25) is 0 Å². The lowest BCUT2D eigenvalue weighted by atomic mass is 9.95. The lowest BCUT2D eigenvalue weighted by molar-refractivity contribution is 0.274. The van der Waals surface area contributed by atoms with Gasteiger partial charge in [0.25, 0.3) is 0 Å². The van der Waals surface area contributed by atoms with E-state index in [1.807, 2.05) is 20.8 Å². The largest absolute Gasteiger partial charge is 0.509 e. The van der Waals surface area contributed by atoms with Gasteiger partial charge in [-0.2, -0.15) is 0 Å². The zero-order chi connectivity index (χ0) is 9.02. The van der Waals surface area contributed by atoms with Crippen LogP contribution in [0.5, 0.6) is 0 Å². The first-order chi connectivity index (χ1) is 5.00. The highest BCUT2D eigenvalue weighted by molar-refractivity contribution is 5.02. The second-order valence-corrected chi connectivity index (χ2v) is 3.18. The molecule has 0 radical (unpaired) electrons. The normalized spacial score (nSPS) is 16.5. The smallest absolute Gasteiger partial charge is 0.137 e. The molecule has 1 nitrogen and oxygen atoms in total. The van der Waals surface area contributed by atoms with Crippen molar-refractivity contribution in [1.82, 2.24) is 0 Å². The van der Waals surface area contributed by atoms with E-state index in [4.69, 9.17) is 0 Å². The van der Waals surface area contributed by atoms with Crippen LogP contribution in [0.1, 0.15) is 34.1 Å². The molecule has 0 spiro atoms. The maximum Gasteiger partial charge on any atom is 0.137 e. The number of rotatable bonds is 3. The van der Waals surface area contributed by atoms with Gasteiger partial charge in [0, 0.05) is 5.92 Å². The highest BCUT2D eigenvalue weighted by atomic mass is 19.1. The maximum atomic E-state index is 12.8. The number of allylic oxidation sites excluding steroid dienone is 2. The molecule has 0 saturated heterocycles. The zero-order valence-corrected chi connectivity index (χ0v) is 7.69. The molecule has 0 amide bonds. The molecule has 0 fully saturated rings. The average molecular weight is 160 g/mol. The van der Waals surface area contributed by atoms with Crippen molar-refractivity contribution in [2.24, 2.45) is 11.8 Å². The van der Waals surface area contributed by atoms with Crippen molar-refractivity contribution in [3.8, 4) is 0 Å². The third-order valence-corrected chi connectivity index (χ3v) is 2.02. The second-order valence-electron chi connectivity index (χ2n) is 3.18. The van der Waals surface area contributed by atoms with Crippen LogP contribution in [0.25, 0.3) is 0 Å². The Hall–Kier alpha value is -0.530. The molecule has 0 aromatic rings. The van der Waals surface area contributed by atoms with Crippen LogP contribution in [0.3, 0.4) is 0 Å². The van der Waals surface area contributed by atoms with Crippen molar-refractivity contribution >= 4 is 0 Å². The van der Waals surface area contributed by atoms with Gasteiger partial charge in [-0.15, -0.1) is 0 Å². The third kappa shape index (κ3) is 2.91. The molecule has 0 aromatic carbocycles. The van der Waals surface area contributed by atoms with Crippen molar-refractivity contribution < 1.29 is 9.50 Å². The van der Waals surface area contributed by atoms with Crippen LogP contribution in [0, 0.1) is 11.8 Å². The van der Waals surface area contributed by atoms with Gasteiger partial charge in [0.05, 0.1) is 0 Å². The average Bonchev–Trinajstić information content (AvgIpc) is 2.00. The van der Waals surface area contributed by atoms with Gasteiger partial charge < -0.3 is 5.11 Å². The van der Waals surface area contributed by atoms with E-state index in [1.54, 1.807) is 6.92 Å². The van der Waals surface area contributed by atoms with Crippen LogP contribution in [0.4, 0.5) is 4.39 Å². The highest BCUT2D eigenvalue weighted by Gasteiger charge is 2.15. The van der Waals surface area contributed by atoms with Gasteiger partial charge in [-0.05, 0) is 12.3 Å². The summed E-state index contributed by atoms with van der Waals surface area (Å²) in [6.07, 6.45) is 0.281. The van der Waals surface area contributed by atoms with Crippen LogP contribution >= 0.6 is 0 Å². The predicted molar refractivity (Wildman–Crippen MR) is 45.1 cm³/mol. The molecular weight excluding hydrogens is 143 g/mol. The number of halogens is 1. The molecule has 1 N–H and O–H groups in total. The van der Waals surface area contributed by atoms with E-state index in [0.29, 0.717) is 0 Å². The zero-order valence-electron chi connectivity index (χ0n) is 7.69. The molecule has 0 aliphatic carbocycles. The van der Waals surface area contributed by atoms with E-state index in [2.05, 4.69) is 0 Å². The van der Waals surface area contributed by atoms with Crippen molar-refractivity contribution in [3.63, 3.8) is 0 Å². The summed E-state index contributed by atoms with van der Waals surface area (Å²) in [6, 6.07) is 0. The molecular formula is C9H17FO. The van der Waals surface area contributed by atoms with Gasteiger partial charge >= 0.3 is 0 Å². The Labute approximate surface area is 67.9 Å². The Balaban J connectivity index is 4.33. The fourth-order valence-electron chi connectivity index (χ4n) is 0.744. The highest BCUT2D eigenvalue weighted by Crippen LogP contribution is 2.22. The quantitative estimate of drug-likeness (QED) is 0.627. The SMILES string of the molecule is CC/C(F)=C(/O)C(C)C(C)C. The fourth-order valence-corrected chi connectivity index (χ4v) is 0.744. The van der Waals surface area contributed by atoms with Gasteiger partial charge in [-0.1, -0.05) is 27.7 Å². The molecule has 2 heteroatoms. The summed E-state index contributed by atoms with van der Waals surface area (Å²) >= 11 is 0. The predicted octanol–water partition coefficient (Wildman–Crippen LogP) is 3.43. The van der Waals surface area contributed by atoms with Crippen LogP contribution in [-0.4, -0.2) is 5.11 Å². The first-order valence-corrected chi connectivity index (χ1v) is 4.08. The molecule has 0 aliphatic rings. The molecule has 0 aliphatic heterocycles. The van der Waals surface area contributed by atoms with E-state index in [1.165, 1.54) is 0 Å².